The van der Waals surface area contributed by atoms with E-state index in [-0.39, 0.29) is 5.91 Å². The second-order valence-corrected chi connectivity index (χ2v) is 6.96. The maximum atomic E-state index is 12.3. The summed E-state index contributed by atoms with van der Waals surface area (Å²) < 4.78 is 12.9. The molecule has 7 heteroatoms. The summed E-state index contributed by atoms with van der Waals surface area (Å²) in [4.78, 5) is 12.3. The molecule has 0 atom stereocenters. The minimum atomic E-state index is -0.190. The zero-order valence-corrected chi connectivity index (χ0v) is 16.4. The number of aromatic nitrogens is 2. The fraction of sp³-hybridized carbons (Fsp3) is 0.182. The molecule has 2 aromatic carbocycles. The number of hydrogen-bond acceptors (Lipinski definition) is 4. The van der Waals surface area contributed by atoms with Crippen molar-refractivity contribution in [1.82, 2.24) is 15.1 Å². The molecule has 2 heterocycles. The molecule has 29 heavy (non-hydrogen) atoms. The minimum Gasteiger partial charge on any atom is -0.486 e. The van der Waals surface area contributed by atoms with Crippen molar-refractivity contribution in [2.24, 2.45) is 0 Å². The molecule has 0 spiro atoms. The maximum absolute atomic E-state index is 12.3. The molecule has 6 nitrogen and oxygen atoms in total. The van der Waals surface area contributed by atoms with Crippen LogP contribution in [0, 0.1) is 0 Å². The molecule has 3 aromatic rings. The Balaban J connectivity index is 1.39. The van der Waals surface area contributed by atoms with Crippen molar-refractivity contribution in [3.8, 4) is 11.5 Å². The first-order valence-electron chi connectivity index (χ1n) is 9.28. The van der Waals surface area contributed by atoms with Gasteiger partial charge in [0.25, 0.3) is 0 Å². The van der Waals surface area contributed by atoms with Crippen molar-refractivity contribution in [3.05, 3.63) is 82.6 Å². The van der Waals surface area contributed by atoms with E-state index in [9.17, 15) is 4.79 Å². The highest BCUT2D eigenvalue weighted by Crippen LogP contribution is 2.38. The molecule has 148 valence electrons. The number of nitrogens with zero attached hydrogens (tertiary/aromatic N) is 2. The van der Waals surface area contributed by atoms with Crippen molar-refractivity contribution in [2.45, 2.75) is 13.1 Å². The van der Waals surface area contributed by atoms with Crippen LogP contribution in [0.2, 0.25) is 5.02 Å². The van der Waals surface area contributed by atoms with Gasteiger partial charge in [0.15, 0.2) is 11.5 Å². The van der Waals surface area contributed by atoms with Crippen LogP contribution in [0.15, 0.2) is 60.9 Å². The number of carbonyl (C=O) groups excluding carboxylic acids is 1. The minimum absolute atomic E-state index is 0.190. The largest absolute Gasteiger partial charge is 0.486 e. The van der Waals surface area contributed by atoms with Gasteiger partial charge in [-0.1, -0.05) is 35.9 Å². The van der Waals surface area contributed by atoms with E-state index >= 15 is 0 Å². The Labute approximate surface area is 173 Å². The predicted octanol–water partition coefficient (Wildman–Crippen LogP) is 3.69. The molecule has 1 N–H and O–H groups in total. The van der Waals surface area contributed by atoms with E-state index < -0.39 is 0 Å². The monoisotopic (exact) mass is 409 g/mol. The topological polar surface area (TPSA) is 65.4 Å². The van der Waals surface area contributed by atoms with Crippen molar-refractivity contribution in [2.75, 3.05) is 13.2 Å². The summed E-state index contributed by atoms with van der Waals surface area (Å²) in [6, 6.07) is 13.4. The molecule has 1 aromatic heterocycles. The third-order valence-corrected chi connectivity index (χ3v) is 4.79. The van der Waals surface area contributed by atoms with E-state index in [1.165, 1.54) is 6.08 Å². The molecule has 0 aliphatic carbocycles. The lowest BCUT2D eigenvalue weighted by molar-refractivity contribution is -0.116. The van der Waals surface area contributed by atoms with Crippen LogP contribution in [0.4, 0.5) is 0 Å². The smallest absolute Gasteiger partial charge is 0.244 e. The Morgan fingerprint density at radius 2 is 2.00 bits per heavy atom. The molecule has 0 saturated heterocycles. The van der Waals surface area contributed by atoms with Crippen LogP contribution in [-0.2, 0) is 17.9 Å². The summed E-state index contributed by atoms with van der Waals surface area (Å²) in [5.41, 5.74) is 2.93. The third-order valence-electron chi connectivity index (χ3n) is 4.51. The number of nitrogens with one attached hydrogen (secondary N) is 1. The Morgan fingerprint density at radius 3 is 2.83 bits per heavy atom. The van der Waals surface area contributed by atoms with E-state index in [2.05, 4.69) is 10.4 Å². The van der Waals surface area contributed by atoms with Crippen LogP contribution >= 0.6 is 11.6 Å². The number of hydrogen-bond donors (Lipinski definition) is 1. The summed E-state index contributed by atoms with van der Waals surface area (Å²) in [5, 5.41) is 7.63. The van der Waals surface area contributed by atoms with Crippen molar-refractivity contribution >= 4 is 23.6 Å². The van der Waals surface area contributed by atoms with Gasteiger partial charge in [0.05, 0.1) is 11.6 Å². The zero-order valence-electron chi connectivity index (χ0n) is 15.7. The number of rotatable bonds is 6. The number of amides is 1. The Hall–Kier alpha value is -3.25. The summed E-state index contributed by atoms with van der Waals surface area (Å²) in [6.45, 7) is 2.05. The van der Waals surface area contributed by atoms with Crippen molar-refractivity contribution in [1.29, 1.82) is 0 Å². The Kier molecular flexibility index (Phi) is 5.81. The fourth-order valence-electron chi connectivity index (χ4n) is 3.09. The molecule has 0 radical (unpaired) electrons. The number of carbonyl (C=O) groups is 1. The number of benzene rings is 2. The fourth-order valence-corrected chi connectivity index (χ4v) is 3.37. The van der Waals surface area contributed by atoms with E-state index in [0.717, 1.165) is 16.7 Å². The van der Waals surface area contributed by atoms with Crippen LogP contribution in [-0.4, -0.2) is 28.9 Å². The van der Waals surface area contributed by atoms with Gasteiger partial charge in [0.1, 0.15) is 13.2 Å². The molecule has 0 fully saturated rings. The lowest BCUT2D eigenvalue weighted by atomic mass is 10.1. The van der Waals surface area contributed by atoms with Crippen LogP contribution in [0.5, 0.6) is 11.5 Å². The lowest BCUT2D eigenvalue weighted by Crippen LogP contribution is -2.21. The third kappa shape index (κ3) is 4.78. The van der Waals surface area contributed by atoms with Crippen LogP contribution in [0.25, 0.3) is 6.08 Å². The van der Waals surface area contributed by atoms with Gasteiger partial charge in [-0.15, -0.1) is 0 Å². The van der Waals surface area contributed by atoms with E-state index in [0.29, 0.717) is 42.8 Å². The predicted molar refractivity (Wildman–Crippen MR) is 111 cm³/mol. The molecular formula is C22H20ClN3O3. The maximum Gasteiger partial charge on any atom is 0.244 e. The van der Waals surface area contributed by atoms with E-state index in [1.807, 2.05) is 47.3 Å². The zero-order chi connectivity index (χ0) is 20.1. The molecule has 0 bridgehead atoms. The summed E-state index contributed by atoms with van der Waals surface area (Å²) >= 11 is 6.23. The van der Waals surface area contributed by atoms with Gasteiger partial charge in [-0.25, -0.2) is 0 Å². The molecule has 0 saturated carbocycles. The summed E-state index contributed by atoms with van der Waals surface area (Å²) in [5.74, 6) is 0.953. The lowest BCUT2D eigenvalue weighted by Gasteiger charge is -2.19. The standard InChI is InChI=1S/C22H20ClN3O3/c23-19-12-16(13-20-22(19)29-11-10-28-20)6-7-21(27)24-14-17-4-1-2-5-18(17)15-26-9-3-8-25-26/h1-9,12-13H,10-11,14-15H2,(H,24,27)/b7-6+. The molecule has 1 aliphatic rings. The highest BCUT2D eigenvalue weighted by molar-refractivity contribution is 6.32. The van der Waals surface area contributed by atoms with Gasteiger partial charge in [-0.05, 0) is 41.0 Å². The number of halogens is 1. The van der Waals surface area contributed by atoms with Crippen LogP contribution in [0.1, 0.15) is 16.7 Å². The first-order valence-corrected chi connectivity index (χ1v) is 9.66. The van der Waals surface area contributed by atoms with Gasteiger partial charge in [0.2, 0.25) is 5.91 Å². The van der Waals surface area contributed by atoms with Gasteiger partial charge < -0.3 is 14.8 Å². The van der Waals surface area contributed by atoms with E-state index in [1.54, 1.807) is 18.3 Å². The molecule has 1 amide bonds. The number of fused-ring (bicyclic) bond motifs is 1. The van der Waals surface area contributed by atoms with Gasteiger partial charge in [-0.3, -0.25) is 9.48 Å². The highest BCUT2D eigenvalue weighted by Gasteiger charge is 2.16. The Bertz CT molecular complexity index is 1030. The summed E-state index contributed by atoms with van der Waals surface area (Å²) in [7, 11) is 0. The average molecular weight is 410 g/mol. The van der Waals surface area contributed by atoms with Crippen LogP contribution in [0.3, 0.4) is 0 Å². The summed E-state index contributed by atoms with van der Waals surface area (Å²) in [6.07, 6.45) is 6.85. The number of ether oxygens (including phenoxy) is 2. The van der Waals surface area contributed by atoms with Crippen LogP contribution < -0.4 is 14.8 Å². The first-order chi connectivity index (χ1) is 14.2. The normalized spacial score (nSPS) is 12.9. The molecular weight excluding hydrogens is 390 g/mol. The second-order valence-electron chi connectivity index (χ2n) is 6.55. The van der Waals surface area contributed by atoms with Gasteiger partial charge >= 0.3 is 0 Å². The SMILES string of the molecule is O=C(/C=C/c1cc(Cl)c2c(c1)OCCO2)NCc1ccccc1Cn1cccn1. The van der Waals surface area contributed by atoms with Gasteiger partial charge in [-0.2, -0.15) is 5.10 Å². The van der Waals surface area contributed by atoms with E-state index in [4.69, 9.17) is 21.1 Å². The Morgan fingerprint density at radius 1 is 1.17 bits per heavy atom. The average Bonchev–Trinajstić information content (AvgIpc) is 3.25. The van der Waals surface area contributed by atoms with Crippen molar-refractivity contribution < 1.29 is 14.3 Å². The van der Waals surface area contributed by atoms with Gasteiger partial charge in [0, 0.05) is 25.0 Å². The molecule has 4 rings (SSSR count). The quantitative estimate of drug-likeness (QED) is 0.631. The highest BCUT2D eigenvalue weighted by atomic mass is 35.5. The first kappa shape index (κ1) is 19.1. The van der Waals surface area contributed by atoms with Crippen molar-refractivity contribution in [3.63, 3.8) is 0 Å². The molecule has 1 aliphatic heterocycles. The second kappa shape index (κ2) is 8.84. The molecule has 0 unspecified atom stereocenters.